The van der Waals surface area contributed by atoms with Crippen LogP contribution >= 0.6 is 0 Å². The first-order valence-electron chi connectivity index (χ1n) is 7.91. The quantitative estimate of drug-likeness (QED) is 0.945. The highest BCUT2D eigenvalue weighted by Crippen LogP contribution is 2.30. The largest absolute Gasteiger partial charge is 0.365 e. The summed E-state index contributed by atoms with van der Waals surface area (Å²) in [6.45, 7) is 5.97. The van der Waals surface area contributed by atoms with E-state index in [1.54, 1.807) is 0 Å². The molecule has 2 heterocycles. The van der Waals surface area contributed by atoms with Crippen molar-refractivity contribution in [1.82, 2.24) is 9.88 Å². The molecule has 4 heteroatoms. The Labute approximate surface area is 137 Å². The van der Waals surface area contributed by atoms with Gasteiger partial charge in [-0.25, -0.2) is 4.98 Å². The topological polar surface area (TPSA) is 52.0 Å². The number of aromatic nitrogens is 1. The Bertz CT molecular complexity index is 744. The molecule has 1 aliphatic heterocycles. The molecule has 0 spiro atoms. The maximum absolute atomic E-state index is 9.44. The fraction of sp³-hybridized carbons (Fsp3) is 0.368. The molecule has 0 unspecified atom stereocenters. The van der Waals surface area contributed by atoms with Crippen LogP contribution in [0.2, 0.25) is 0 Å². The minimum absolute atomic E-state index is 0.0882. The normalized spacial score (nSPS) is 16.4. The van der Waals surface area contributed by atoms with E-state index in [-0.39, 0.29) is 5.54 Å². The smallest absolute Gasteiger partial charge is 0.144 e. The number of nitrogens with zero attached hydrogens (tertiary/aromatic N) is 3. The summed E-state index contributed by atoms with van der Waals surface area (Å²) in [6, 6.07) is 14.4. The zero-order chi connectivity index (χ0) is 16.4. The predicted molar refractivity (Wildman–Crippen MR) is 92.0 cm³/mol. The summed E-state index contributed by atoms with van der Waals surface area (Å²) in [5.74, 6) is 0.690. The second kappa shape index (κ2) is 6.02. The molecule has 0 aliphatic carbocycles. The van der Waals surface area contributed by atoms with E-state index in [0.29, 0.717) is 17.9 Å². The molecule has 0 radical (unpaired) electrons. The average molecular weight is 306 g/mol. The number of hydrogen-bond acceptors (Lipinski definition) is 4. The van der Waals surface area contributed by atoms with Crippen LogP contribution in [0.25, 0.3) is 0 Å². The van der Waals surface area contributed by atoms with Gasteiger partial charge in [0.2, 0.25) is 0 Å². The van der Waals surface area contributed by atoms with Gasteiger partial charge < -0.3 is 5.32 Å². The number of likely N-dealkylation sites (N-methyl/N-ethyl adjacent to an activating group) is 1. The van der Waals surface area contributed by atoms with Crippen molar-refractivity contribution < 1.29 is 0 Å². The third-order valence-corrected chi connectivity index (χ3v) is 4.66. The van der Waals surface area contributed by atoms with Crippen molar-refractivity contribution in [2.45, 2.75) is 38.9 Å². The minimum Gasteiger partial charge on any atom is -0.365 e. The molecule has 23 heavy (non-hydrogen) atoms. The number of pyridine rings is 1. The van der Waals surface area contributed by atoms with Crippen molar-refractivity contribution in [3.05, 3.63) is 58.8 Å². The zero-order valence-corrected chi connectivity index (χ0v) is 13.9. The van der Waals surface area contributed by atoms with Gasteiger partial charge in [0.25, 0.3) is 0 Å². The number of fused-ring (bicyclic) bond motifs is 1. The second-order valence-electron chi connectivity index (χ2n) is 6.79. The van der Waals surface area contributed by atoms with E-state index < -0.39 is 0 Å². The molecular weight excluding hydrogens is 284 g/mol. The third kappa shape index (κ3) is 3.20. The first kappa shape index (κ1) is 15.5. The average Bonchev–Trinajstić information content (AvgIpc) is 2.54. The van der Waals surface area contributed by atoms with Gasteiger partial charge in [-0.15, -0.1) is 0 Å². The molecule has 3 rings (SSSR count). The van der Waals surface area contributed by atoms with Crippen molar-refractivity contribution in [3.63, 3.8) is 0 Å². The number of benzene rings is 1. The van der Waals surface area contributed by atoms with Gasteiger partial charge in [0, 0.05) is 30.7 Å². The van der Waals surface area contributed by atoms with E-state index in [2.05, 4.69) is 49.3 Å². The maximum Gasteiger partial charge on any atom is 0.144 e. The molecule has 0 fully saturated rings. The Hall–Kier alpha value is -2.38. The third-order valence-electron chi connectivity index (χ3n) is 4.66. The highest BCUT2D eigenvalue weighted by molar-refractivity contribution is 5.55. The van der Waals surface area contributed by atoms with E-state index in [4.69, 9.17) is 4.98 Å². The second-order valence-corrected chi connectivity index (χ2v) is 6.79. The molecule has 2 aromatic rings. The van der Waals surface area contributed by atoms with Crippen molar-refractivity contribution in [1.29, 1.82) is 5.26 Å². The summed E-state index contributed by atoms with van der Waals surface area (Å²) < 4.78 is 0. The molecule has 1 aromatic carbocycles. The van der Waals surface area contributed by atoms with Gasteiger partial charge in [0.05, 0.1) is 5.56 Å². The summed E-state index contributed by atoms with van der Waals surface area (Å²) in [7, 11) is 2.12. The number of rotatable bonds is 3. The van der Waals surface area contributed by atoms with E-state index in [1.807, 2.05) is 24.3 Å². The Morgan fingerprint density at radius 2 is 2.04 bits per heavy atom. The molecule has 118 valence electrons. The van der Waals surface area contributed by atoms with Crippen molar-refractivity contribution >= 4 is 5.82 Å². The zero-order valence-electron chi connectivity index (χ0n) is 13.9. The van der Waals surface area contributed by atoms with Gasteiger partial charge in [-0.05, 0) is 38.1 Å². The summed E-state index contributed by atoms with van der Waals surface area (Å²) in [5, 5.41) is 12.8. The van der Waals surface area contributed by atoms with Gasteiger partial charge in [-0.1, -0.05) is 30.3 Å². The minimum atomic E-state index is 0.0882. The van der Waals surface area contributed by atoms with Gasteiger partial charge in [-0.2, -0.15) is 5.26 Å². The van der Waals surface area contributed by atoms with Crippen LogP contribution in [0, 0.1) is 11.3 Å². The lowest BCUT2D eigenvalue weighted by Crippen LogP contribution is -2.46. The van der Waals surface area contributed by atoms with E-state index >= 15 is 0 Å². The standard InChI is InChI=1S/C19H22N4/c1-19(2)10-17-16(13-23(19)3)9-15(11-20)18(22-17)21-12-14-7-5-4-6-8-14/h4-9H,10,12-13H2,1-3H3,(H,21,22). The molecule has 0 atom stereocenters. The van der Waals surface area contributed by atoms with Crippen LogP contribution in [0.5, 0.6) is 0 Å². The van der Waals surface area contributed by atoms with Crippen LogP contribution in [0.4, 0.5) is 5.82 Å². The lowest BCUT2D eigenvalue weighted by Gasteiger charge is -2.40. The first-order chi connectivity index (χ1) is 11.0. The fourth-order valence-corrected chi connectivity index (χ4v) is 2.90. The van der Waals surface area contributed by atoms with Crippen LogP contribution in [-0.2, 0) is 19.5 Å². The Kier molecular flexibility index (Phi) is 4.06. The SMILES string of the molecule is CN1Cc2cc(C#N)c(NCc3ccccc3)nc2CC1(C)C. The molecule has 0 saturated heterocycles. The van der Waals surface area contributed by atoms with Crippen molar-refractivity contribution in [3.8, 4) is 6.07 Å². The van der Waals surface area contributed by atoms with E-state index in [1.165, 1.54) is 5.56 Å². The highest BCUT2D eigenvalue weighted by atomic mass is 15.2. The predicted octanol–water partition coefficient (Wildman–Crippen LogP) is 3.33. The summed E-state index contributed by atoms with van der Waals surface area (Å²) in [5.41, 5.74) is 4.14. The highest BCUT2D eigenvalue weighted by Gasteiger charge is 2.31. The lowest BCUT2D eigenvalue weighted by atomic mass is 9.88. The van der Waals surface area contributed by atoms with Gasteiger partial charge >= 0.3 is 0 Å². The number of nitriles is 1. The van der Waals surface area contributed by atoms with Gasteiger partial charge in [0.15, 0.2) is 0 Å². The molecule has 1 N–H and O–H groups in total. The molecular formula is C19H22N4. The van der Waals surface area contributed by atoms with Crippen molar-refractivity contribution in [2.75, 3.05) is 12.4 Å². The van der Waals surface area contributed by atoms with Crippen LogP contribution in [-0.4, -0.2) is 22.5 Å². The molecule has 1 aliphatic rings. The monoisotopic (exact) mass is 306 g/mol. The summed E-state index contributed by atoms with van der Waals surface area (Å²) in [6.07, 6.45) is 0.893. The Morgan fingerprint density at radius 3 is 2.74 bits per heavy atom. The Morgan fingerprint density at radius 1 is 1.30 bits per heavy atom. The van der Waals surface area contributed by atoms with Crippen LogP contribution in [0.3, 0.4) is 0 Å². The van der Waals surface area contributed by atoms with Crippen LogP contribution in [0.1, 0.15) is 36.2 Å². The van der Waals surface area contributed by atoms with Crippen molar-refractivity contribution in [2.24, 2.45) is 0 Å². The van der Waals surface area contributed by atoms with Gasteiger partial charge in [-0.3, -0.25) is 4.90 Å². The van der Waals surface area contributed by atoms with Crippen LogP contribution < -0.4 is 5.32 Å². The molecule has 4 nitrogen and oxygen atoms in total. The first-order valence-corrected chi connectivity index (χ1v) is 7.91. The number of anilines is 1. The summed E-state index contributed by atoms with van der Waals surface area (Å²) in [4.78, 5) is 7.08. The fourth-order valence-electron chi connectivity index (χ4n) is 2.90. The summed E-state index contributed by atoms with van der Waals surface area (Å²) >= 11 is 0. The number of nitrogens with one attached hydrogen (secondary N) is 1. The van der Waals surface area contributed by atoms with E-state index in [0.717, 1.165) is 24.2 Å². The molecule has 0 bridgehead atoms. The van der Waals surface area contributed by atoms with Crippen LogP contribution in [0.15, 0.2) is 36.4 Å². The van der Waals surface area contributed by atoms with Gasteiger partial charge in [0.1, 0.15) is 11.9 Å². The number of hydrogen-bond donors (Lipinski definition) is 1. The molecule has 0 saturated carbocycles. The Balaban J connectivity index is 1.88. The van der Waals surface area contributed by atoms with E-state index in [9.17, 15) is 5.26 Å². The molecule has 1 aromatic heterocycles. The lowest BCUT2D eigenvalue weighted by molar-refractivity contribution is 0.131. The molecule has 0 amide bonds. The maximum atomic E-state index is 9.44.